The number of hydrogen-bond donors (Lipinski definition) is 2. The van der Waals surface area contributed by atoms with Gasteiger partial charge in [0, 0.05) is 36.0 Å². The molecule has 2 aromatic rings. The summed E-state index contributed by atoms with van der Waals surface area (Å²) in [5, 5.41) is 5.74. The molecule has 1 aliphatic rings. The molecule has 0 atom stereocenters. The number of rotatable bonds is 4. The SMILES string of the molecule is O=C(NCc1ccccc1Cl)C(=O)Nc1ccc(N2CCCC2)cc1. The number of carbonyl (C=O) groups is 2. The maximum absolute atomic E-state index is 12.0. The van der Waals surface area contributed by atoms with E-state index < -0.39 is 11.8 Å². The summed E-state index contributed by atoms with van der Waals surface area (Å²) in [7, 11) is 0. The van der Waals surface area contributed by atoms with Gasteiger partial charge in [-0.2, -0.15) is 0 Å². The number of carbonyl (C=O) groups excluding carboxylic acids is 2. The topological polar surface area (TPSA) is 61.4 Å². The van der Waals surface area contributed by atoms with Crippen molar-refractivity contribution >= 4 is 34.8 Å². The first-order valence-electron chi connectivity index (χ1n) is 8.31. The van der Waals surface area contributed by atoms with Crippen LogP contribution < -0.4 is 15.5 Å². The lowest BCUT2D eigenvalue weighted by Crippen LogP contribution is -2.35. The van der Waals surface area contributed by atoms with Crippen LogP contribution in [0.5, 0.6) is 0 Å². The van der Waals surface area contributed by atoms with Crippen molar-refractivity contribution in [2.45, 2.75) is 19.4 Å². The summed E-state index contributed by atoms with van der Waals surface area (Å²) in [5.41, 5.74) is 2.50. The summed E-state index contributed by atoms with van der Waals surface area (Å²) in [6.07, 6.45) is 2.42. The molecule has 2 N–H and O–H groups in total. The zero-order valence-electron chi connectivity index (χ0n) is 13.8. The third-order valence-corrected chi connectivity index (χ3v) is 4.57. The fraction of sp³-hybridized carbons (Fsp3) is 0.263. The van der Waals surface area contributed by atoms with Crippen LogP contribution >= 0.6 is 11.6 Å². The van der Waals surface area contributed by atoms with Crippen LogP contribution in [0.1, 0.15) is 18.4 Å². The molecule has 0 aromatic heterocycles. The van der Waals surface area contributed by atoms with E-state index in [1.807, 2.05) is 36.4 Å². The van der Waals surface area contributed by atoms with E-state index in [0.29, 0.717) is 10.7 Å². The minimum atomic E-state index is -0.694. The van der Waals surface area contributed by atoms with Gasteiger partial charge in [0.25, 0.3) is 0 Å². The minimum absolute atomic E-state index is 0.208. The molecule has 0 bridgehead atoms. The molecular formula is C19H20ClN3O2. The zero-order valence-corrected chi connectivity index (χ0v) is 14.6. The Balaban J connectivity index is 1.52. The van der Waals surface area contributed by atoms with Gasteiger partial charge in [0.2, 0.25) is 0 Å². The standard InChI is InChI=1S/C19H20ClN3O2/c20-17-6-2-1-5-14(17)13-21-18(24)19(25)22-15-7-9-16(10-8-15)23-11-3-4-12-23/h1-2,5-10H,3-4,11-13H2,(H,21,24)(H,22,25). The average molecular weight is 358 g/mol. The summed E-state index contributed by atoms with van der Waals surface area (Å²) in [6, 6.07) is 14.7. The highest BCUT2D eigenvalue weighted by atomic mass is 35.5. The molecule has 0 radical (unpaired) electrons. The number of amides is 2. The Morgan fingerprint density at radius 1 is 0.960 bits per heavy atom. The fourth-order valence-electron chi connectivity index (χ4n) is 2.82. The molecule has 130 valence electrons. The van der Waals surface area contributed by atoms with Gasteiger partial charge in [0.05, 0.1) is 0 Å². The van der Waals surface area contributed by atoms with Crippen molar-refractivity contribution in [2.24, 2.45) is 0 Å². The Hall–Kier alpha value is -2.53. The summed E-state index contributed by atoms with van der Waals surface area (Å²) in [4.78, 5) is 26.2. The number of anilines is 2. The molecule has 1 aliphatic heterocycles. The smallest absolute Gasteiger partial charge is 0.313 e. The van der Waals surface area contributed by atoms with Gasteiger partial charge in [-0.1, -0.05) is 29.8 Å². The first-order valence-corrected chi connectivity index (χ1v) is 8.69. The van der Waals surface area contributed by atoms with Crippen LogP contribution in [-0.2, 0) is 16.1 Å². The zero-order chi connectivity index (χ0) is 17.6. The molecule has 0 spiro atoms. The molecule has 2 amide bonds. The second kappa shape index (κ2) is 8.03. The van der Waals surface area contributed by atoms with E-state index in [2.05, 4.69) is 15.5 Å². The van der Waals surface area contributed by atoms with E-state index >= 15 is 0 Å². The Bertz CT molecular complexity index is 756. The molecule has 0 unspecified atom stereocenters. The number of nitrogens with zero attached hydrogens (tertiary/aromatic N) is 1. The van der Waals surface area contributed by atoms with Crippen molar-refractivity contribution in [1.29, 1.82) is 0 Å². The van der Waals surface area contributed by atoms with E-state index in [-0.39, 0.29) is 6.54 Å². The molecule has 1 saturated heterocycles. The number of halogens is 1. The monoisotopic (exact) mass is 357 g/mol. The minimum Gasteiger partial charge on any atom is -0.372 e. The highest BCUT2D eigenvalue weighted by Crippen LogP contribution is 2.22. The maximum atomic E-state index is 12.0. The van der Waals surface area contributed by atoms with Gasteiger partial charge in [-0.05, 0) is 48.7 Å². The predicted molar refractivity (Wildman–Crippen MR) is 99.8 cm³/mol. The summed E-state index contributed by atoms with van der Waals surface area (Å²) < 4.78 is 0. The van der Waals surface area contributed by atoms with Gasteiger partial charge in [-0.25, -0.2) is 0 Å². The molecular weight excluding hydrogens is 338 g/mol. The third-order valence-electron chi connectivity index (χ3n) is 4.20. The highest BCUT2D eigenvalue weighted by molar-refractivity contribution is 6.39. The molecule has 0 saturated carbocycles. The average Bonchev–Trinajstić information content (AvgIpc) is 3.16. The van der Waals surface area contributed by atoms with Gasteiger partial charge in [0.15, 0.2) is 0 Å². The summed E-state index contributed by atoms with van der Waals surface area (Å²) >= 11 is 6.03. The lowest BCUT2D eigenvalue weighted by Gasteiger charge is -2.17. The maximum Gasteiger partial charge on any atom is 0.313 e. The van der Waals surface area contributed by atoms with Crippen LogP contribution in [0.25, 0.3) is 0 Å². The quantitative estimate of drug-likeness (QED) is 0.826. The lowest BCUT2D eigenvalue weighted by molar-refractivity contribution is -0.136. The normalized spacial score (nSPS) is 13.6. The van der Waals surface area contributed by atoms with Crippen LogP contribution in [0, 0.1) is 0 Å². The molecule has 5 nitrogen and oxygen atoms in total. The van der Waals surface area contributed by atoms with Gasteiger partial charge < -0.3 is 15.5 Å². The Labute approximate surface area is 152 Å². The first-order chi connectivity index (χ1) is 12.1. The lowest BCUT2D eigenvalue weighted by atomic mass is 10.2. The van der Waals surface area contributed by atoms with Crippen LogP contribution in [0.3, 0.4) is 0 Å². The predicted octanol–water partition coefficient (Wildman–Crippen LogP) is 3.20. The van der Waals surface area contributed by atoms with Crippen molar-refractivity contribution < 1.29 is 9.59 Å². The summed E-state index contributed by atoms with van der Waals surface area (Å²) in [6.45, 7) is 2.34. The fourth-order valence-corrected chi connectivity index (χ4v) is 3.02. The van der Waals surface area contributed by atoms with Crippen LogP contribution in [-0.4, -0.2) is 24.9 Å². The molecule has 6 heteroatoms. The molecule has 1 fully saturated rings. The van der Waals surface area contributed by atoms with E-state index in [9.17, 15) is 9.59 Å². The van der Waals surface area contributed by atoms with Crippen LogP contribution in [0.2, 0.25) is 5.02 Å². The summed E-state index contributed by atoms with van der Waals surface area (Å²) in [5.74, 6) is -1.38. The highest BCUT2D eigenvalue weighted by Gasteiger charge is 2.15. The van der Waals surface area contributed by atoms with Crippen molar-refractivity contribution in [2.75, 3.05) is 23.3 Å². The van der Waals surface area contributed by atoms with Crippen LogP contribution in [0.15, 0.2) is 48.5 Å². The van der Waals surface area contributed by atoms with Crippen LogP contribution in [0.4, 0.5) is 11.4 Å². The van der Waals surface area contributed by atoms with E-state index in [0.717, 1.165) is 24.3 Å². The third kappa shape index (κ3) is 4.51. The Morgan fingerprint density at radius 2 is 1.64 bits per heavy atom. The van der Waals surface area contributed by atoms with E-state index in [1.165, 1.54) is 12.8 Å². The van der Waals surface area contributed by atoms with Gasteiger partial charge in [-0.15, -0.1) is 0 Å². The molecule has 3 rings (SSSR count). The van der Waals surface area contributed by atoms with Gasteiger partial charge in [-0.3, -0.25) is 9.59 Å². The van der Waals surface area contributed by atoms with Crippen molar-refractivity contribution in [3.8, 4) is 0 Å². The number of nitrogens with one attached hydrogen (secondary N) is 2. The van der Waals surface area contributed by atoms with Gasteiger partial charge >= 0.3 is 11.8 Å². The van der Waals surface area contributed by atoms with Crippen molar-refractivity contribution in [3.63, 3.8) is 0 Å². The Kier molecular flexibility index (Phi) is 5.56. The second-order valence-electron chi connectivity index (χ2n) is 5.97. The molecule has 0 aliphatic carbocycles. The molecule has 25 heavy (non-hydrogen) atoms. The first kappa shape index (κ1) is 17.3. The van der Waals surface area contributed by atoms with Crippen molar-refractivity contribution in [3.05, 3.63) is 59.1 Å². The van der Waals surface area contributed by atoms with Gasteiger partial charge in [0.1, 0.15) is 0 Å². The van der Waals surface area contributed by atoms with E-state index in [1.54, 1.807) is 12.1 Å². The van der Waals surface area contributed by atoms with Crippen molar-refractivity contribution in [1.82, 2.24) is 5.32 Å². The second-order valence-corrected chi connectivity index (χ2v) is 6.38. The van der Waals surface area contributed by atoms with E-state index in [4.69, 9.17) is 11.6 Å². The Morgan fingerprint density at radius 3 is 2.32 bits per heavy atom. The number of benzene rings is 2. The molecule has 1 heterocycles. The largest absolute Gasteiger partial charge is 0.372 e. The number of hydrogen-bond acceptors (Lipinski definition) is 3. The molecule has 2 aromatic carbocycles.